The summed E-state index contributed by atoms with van der Waals surface area (Å²) in [6.07, 6.45) is 1.73. The lowest BCUT2D eigenvalue weighted by molar-refractivity contribution is -0.136. The molecule has 6 heteroatoms. The van der Waals surface area contributed by atoms with Crippen molar-refractivity contribution in [1.82, 2.24) is 4.98 Å². The van der Waals surface area contributed by atoms with Crippen molar-refractivity contribution >= 4 is 28.7 Å². The van der Waals surface area contributed by atoms with E-state index in [9.17, 15) is 4.79 Å². The van der Waals surface area contributed by atoms with Crippen LogP contribution < -0.4 is 5.43 Å². The summed E-state index contributed by atoms with van der Waals surface area (Å²) in [4.78, 5) is 15.6. The van der Waals surface area contributed by atoms with Crippen LogP contribution >= 0.6 is 11.3 Å². The molecule has 0 fully saturated rings. The van der Waals surface area contributed by atoms with Gasteiger partial charge in [-0.3, -0.25) is 10.2 Å². The number of thiazole rings is 1. The fourth-order valence-electron chi connectivity index (χ4n) is 3.10. The highest BCUT2D eigenvalue weighted by atomic mass is 32.1. The van der Waals surface area contributed by atoms with Gasteiger partial charge in [0.05, 0.1) is 18.3 Å². The summed E-state index contributed by atoms with van der Waals surface area (Å²) in [5, 5.41) is 16.1. The molecule has 0 radical (unpaired) electrons. The van der Waals surface area contributed by atoms with E-state index in [-0.39, 0.29) is 6.42 Å². The van der Waals surface area contributed by atoms with Crippen LogP contribution in [-0.2, 0) is 11.2 Å². The first kappa shape index (κ1) is 19.5. The van der Waals surface area contributed by atoms with Crippen LogP contribution in [0.1, 0.15) is 11.1 Å². The molecule has 0 unspecified atom stereocenters. The minimum atomic E-state index is -0.838. The van der Waals surface area contributed by atoms with Crippen molar-refractivity contribution in [3.8, 4) is 22.4 Å². The third kappa shape index (κ3) is 4.79. The largest absolute Gasteiger partial charge is 0.481 e. The predicted molar refractivity (Wildman–Crippen MR) is 122 cm³/mol. The van der Waals surface area contributed by atoms with Crippen LogP contribution in [0.5, 0.6) is 0 Å². The smallest absolute Gasteiger partial charge is 0.307 e. The van der Waals surface area contributed by atoms with Crippen LogP contribution in [0.3, 0.4) is 0 Å². The molecule has 3 aromatic carbocycles. The highest BCUT2D eigenvalue weighted by molar-refractivity contribution is 7.14. The number of anilines is 1. The first-order valence-corrected chi connectivity index (χ1v) is 10.3. The first-order chi connectivity index (χ1) is 14.7. The SMILES string of the molecule is O=C(O)Cc1ccccc1-c1ccc(C=NNc2nc(-c3ccccc3)cs2)cc1. The van der Waals surface area contributed by atoms with Gasteiger partial charge in [-0.1, -0.05) is 78.9 Å². The van der Waals surface area contributed by atoms with Crippen LogP contribution in [0.2, 0.25) is 0 Å². The van der Waals surface area contributed by atoms with Gasteiger partial charge in [-0.05, 0) is 22.3 Å². The second-order valence-corrected chi connectivity index (χ2v) is 7.48. The van der Waals surface area contributed by atoms with Crippen molar-refractivity contribution in [1.29, 1.82) is 0 Å². The minimum absolute atomic E-state index is 0.00207. The molecule has 4 aromatic rings. The molecule has 0 aliphatic carbocycles. The summed E-state index contributed by atoms with van der Waals surface area (Å²) in [5.74, 6) is -0.838. The molecule has 0 atom stereocenters. The number of carboxylic acids is 1. The molecular formula is C24H19N3O2S. The van der Waals surface area contributed by atoms with E-state index in [0.29, 0.717) is 0 Å². The number of hydrogen-bond acceptors (Lipinski definition) is 5. The highest BCUT2D eigenvalue weighted by Crippen LogP contribution is 2.25. The fraction of sp³-hybridized carbons (Fsp3) is 0.0417. The number of nitrogens with zero attached hydrogens (tertiary/aromatic N) is 2. The Labute approximate surface area is 178 Å². The monoisotopic (exact) mass is 413 g/mol. The number of carboxylic acid groups (broad SMARTS) is 1. The van der Waals surface area contributed by atoms with Crippen LogP contribution in [-0.4, -0.2) is 22.3 Å². The topological polar surface area (TPSA) is 74.6 Å². The fourth-order valence-corrected chi connectivity index (χ4v) is 3.76. The van der Waals surface area contributed by atoms with E-state index in [1.54, 1.807) is 6.21 Å². The summed E-state index contributed by atoms with van der Waals surface area (Å²) in [6.45, 7) is 0. The summed E-state index contributed by atoms with van der Waals surface area (Å²) in [7, 11) is 0. The van der Waals surface area contributed by atoms with Crippen LogP contribution in [0, 0.1) is 0 Å². The zero-order chi connectivity index (χ0) is 20.8. The van der Waals surface area contributed by atoms with Crippen molar-refractivity contribution in [2.45, 2.75) is 6.42 Å². The van der Waals surface area contributed by atoms with Crippen molar-refractivity contribution in [3.63, 3.8) is 0 Å². The Morgan fingerprint density at radius 3 is 2.47 bits per heavy atom. The van der Waals surface area contributed by atoms with Crippen molar-refractivity contribution in [2.24, 2.45) is 5.10 Å². The van der Waals surface area contributed by atoms with E-state index >= 15 is 0 Å². The number of nitrogens with one attached hydrogen (secondary N) is 1. The van der Waals surface area contributed by atoms with E-state index in [4.69, 9.17) is 5.11 Å². The Morgan fingerprint density at radius 2 is 1.70 bits per heavy atom. The van der Waals surface area contributed by atoms with Gasteiger partial charge in [0.2, 0.25) is 5.13 Å². The van der Waals surface area contributed by atoms with Gasteiger partial charge in [-0.15, -0.1) is 11.3 Å². The average Bonchev–Trinajstić information content (AvgIpc) is 3.24. The number of aliphatic carboxylic acids is 1. The van der Waals surface area contributed by atoms with Gasteiger partial charge in [-0.25, -0.2) is 4.98 Å². The quantitative estimate of drug-likeness (QED) is 0.308. The van der Waals surface area contributed by atoms with Gasteiger partial charge in [-0.2, -0.15) is 5.10 Å². The molecule has 1 aromatic heterocycles. The molecule has 4 rings (SSSR count). The Balaban J connectivity index is 1.43. The Hall–Kier alpha value is -3.77. The van der Waals surface area contributed by atoms with Crippen molar-refractivity contribution < 1.29 is 9.90 Å². The average molecular weight is 414 g/mol. The lowest BCUT2D eigenvalue weighted by Gasteiger charge is -2.08. The normalized spacial score (nSPS) is 10.9. The zero-order valence-corrected chi connectivity index (χ0v) is 16.8. The molecule has 0 amide bonds. The van der Waals surface area contributed by atoms with Crippen LogP contribution in [0.4, 0.5) is 5.13 Å². The van der Waals surface area contributed by atoms with E-state index in [1.165, 1.54) is 11.3 Å². The molecule has 0 bridgehead atoms. The Morgan fingerprint density at radius 1 is 0.967 bits per heavy atom. The third-order valence-electron chi connectivity index (χ3n) is 4.53. The molecule has 0 saturated carbocycles. The van der Waals surface area contributed by atoms with Crippen molar-refractivity contribution in [3.05, 3.63) is 95.4 Å². The van der Waals surface area contributed by atoms with E-state index in [0.717, 1.165) is 38.6 Å². The number of aromatic nitrogens is 1. The standard InChI is InChI=1S/C24H19N3O2S/c28-23(29)14-20-8-4-5-9-21(20)18-12-10-17(11-13-18)15-25-27-24-26-22(16-30-24)19-6-2-1-3-7-19/h1-13,15-16H,14H2,(H,26,27)(H,28,29). The first-order valence-electron chi connectivity index (χ1n) is 9.39. The predicted octanol–water partition coefficient (Wildman–Crippen LogP) is 5.55. The molecule has 148 valence electrons. The molecule has 0 saturated heterocycles. The molecule has 0 aliphatic rings. The summed E-state index contributed by atoms with van der Waals surface area (Å²) in [6, 6.07) is 25.4. The lowest BCUT2D eigenvalue weighted by atomic mass is 9.97. The number of benzene rings is 3. The van der Waals surface area contributed by atoms with E-state index in [2.05, 4.69) is 15.5 Å². The summed E-state index contributed by atoms with van der Waals surface area (Å²) in [5.41, 5.74) is 8.60. The van der Waals surface area contributed by atoms with Crippen molar-refractivity contribution in [2.75, 3.05) is 5.43 Å². The highest BCUT2D eigenvalue weighted by Gasteiger charge is 2.08. The van der Waals surface area contributed by atoms with Crippen LogP contribution in [0.15, 0.2) is 89.3 Å². The van der Waals surface area contributed by atoms with Gasteiger partial charge < -0.3 is 5.11 Å². The van der Waals surface area contributed by atoms with Gasteiger partial charge in [0, 0.05) is 10.9 Å². The Bertz CT molecular complexity index is 1170. The van der Waals surface area contributed by atoms with E-state index in [1.807, 2.05) is 84.2 Å². The van der Waals surface area contributed by atoms with Gasteiger partial charge in [0.25, 0.3) is 0 Å². The van der Waals surface area contributed by atoms with Gasteiger partial charge >= 0.3 is 5.97 Å². The lowest BCUT2D eigenvalue weighted by Crippen LogP contribution is -2.01. The molecule has 30 heavy (non-hydrogen) atoms. The molecule has 2 N–H and O–H groups in total. The zero-order valence-electron chi connectivity index (χ0n) is 16.0. The molecule has 0 spiro atoms. The molecule has 1 heterocycles. The third-order valence-corrected chi connectivity index (χ3v) is 5.28. The summed E-state index contributed by atoms with van der Waals surface area (Å²) < 4.78 is 0. The maximum atomic E-state index is 11.1. The summed E-state index contributed by atoms with van der Waals surface area (Å²) >= 11 is 1.50. The number of rotatable bonds is 7. The second-order valence-electron chi connectivity index (χ2n) is 6.62. The van der Waals surface area contributed by atoms with E-state index < -0.39 is 5.97 Å². The minimum Gasteiger partial charge on any atom is -0.481 e. The number of hydrazone groups is 1. The molecular weight excluding hydrogens is 394 g/mol. The van der Waals surface area contributed by atoms with Gasteiger partial charge in [0.15, 0.2) is 0 Å². The second kappa shape index (κ2) is 9.15. The molecule has 0 aliphatic heterocycles. The number of carbonyl (C=O) groups is 1. The Kier molecular flexibility index (Phi) is 5.96. The number of hydrogen-bond donors (Lipinski definition) is 2. The maximum absolute atomic E-state index is 11.1. The maximum Gasteiger partial charge on any atom is 0.307 e. The van der Waals surface area contributed by atoms with Gasteiger partial charge in [0.1, 0.15) is 0 Å². The van der Waals surface area contributed by atoms with Crippen LogP contribution in [0.25, 0.3) is 22.4 Å². The molecule has 5 nitrogen and oxygen atoms in total.